The van der Waals surface area contributed by atoms with Crippen molar-refractivity contribution in [3.05, 3.63) is 35.7 Å². The number of nitrogen functional groups attached to an aromatic ring is 1. The minimum atomic E-state index is -0.648. The summed E-state index contributed by atoms with van der Waals surface area (Å²) in [6.07, 6.45) is 0.709. The molecule has 0 radical (unpaired) electrons. The molecule has 0 aliphatic rings. The highest BCUT2D eigenvalue weighted by Crippen LogP contribution is 2.29. The third kappa shape index (κ3) is 1.96. The fourth-order valence-electron chi connectivity index (χ4n) is 2.02. The highest BCUT2D eigenvalue weighted by Gasteiger charge is 2.17. The second kappa shape index (κ2) is 4.76. The van der Waals surface area contributed by atoms with Crippen molar-refractivity contribution in [2.24, 2.45) is 0 Å². The molecule has 0 aliphatic carbocycles. The van der Waals surface area contributed by atoms with E-state index in [2.05, 4.69) is 4.98 Å². The average molecular weight is 251 g/mol. The molecule has 2 rings (SSSR count). The molecule has 5 heteroatoms. The first kappa shape index (κ1) is 12.5. The maximum absolute atomic E-state index is 13.7. The summed E-state index contributed by atoms with van der Waals surface area (Å²) >= 11 is 0. The van der Waals surface area contributed by atoms with E-state index in [1.807, 2.05) is 18.4 Å². The highest BCUT2D eigenvalue weighted by molar-refractivity contribution is 5.71. The van der Waals surface area contributed by atoms with E-state index in [0.717, 1.165) is 11.9 Å². The van der Waals surface area contributed by atoms with Crippen LogP contribution < -0.4 is 5.73 Å². The molecular weight excluding hydrogens is 236 g/mol. The summed E-state index contributed by atoms with van der Waals surface area (Å²) < 4.78 is 28.4. The molecule has 3 nitrogen and oxygen atoms in total. The van der Waals surface area contributed by atoms with Crippen LogP contribution in [0.5, 0.6) is 0 Å². The largest absolute Gasteiger partial charge is 0.383 e. The van der Waals surface area contributed by atoms with Gasteiger partial charge in [0.25, 0.3) is 0 Å². The molecule has 0 aliphatic heterocycles. The third-order valence-corrected chi connectivity index (χ3v) is 2.90. The van der Waals surface area contributed by atoms with Crippen LogP contribution in [0, 0.1) is 11.6 Å². The zero-order valence-corrected chi connectivity index (χ0v) is 10.4. The summed E-state index contributed by atoms with van der Waals surface area (Å²) in [5.41, 5.74) is 6.58. The minimum absolute atomic E-state index is 0.232. The van der Waals surface area contributed by atoms with Gasteiger partial charge in [-0.2, -0.15) is 0 Å². The molecule has 0 saturated carbocycles. The smallest absolute Gasteiger partial charge is 0.135 e. The maximum Gasteiger partial charge on any atom is 0.135 e. The highest BCUT2D eigenvalue weighted by atomic mass is 19.1. The van der Waals surface area contributed by atoms with Crippen LogP contribution in [0.2, 0.25) is 0 Å². The summed E-state index contributed by atoms with van der Waals surface area (Å²) in [6.45, 7) is 4.57. The number of anilines is 1. The van der Waals surface area contributed by atoms with Gasteiger partial charge in [0.1, 0.15) is 29.0 Å². The van der Waals surface area contributed by atoms with Crippen LogP contribution in [0.25, 0.3) is 11.3 Å². The molecular formula is C13H15F2N3. The Morgan fingerprint density at radius 2 is 2.00 bits per heavy atom. The van der Waals surface area contributed by atoms with Crippen molar-refractivity contribution in [1.29, 1.82) is 0 Å². The number of halogens is 2. The third-order valence-electron chi connectivity index (χ3n) is 2.90. The molecule has 18 heavy (non-hydrogen) atoms. The number of nitrogens with zero attached hydrogens (tertiary/aromatic N) is 2. The summed E-state index contributed by atoms with van der Waals surface area (Å²) in [7, 11) is 0. The fourth-order valence-corrected chi connectivity index (χ4v) is 2.02. The van der Waals surface area contributed by atoms with Crippen molar-refractivity contribution in [1.82, 2.24) is 9.55 Å². The molecule has 1 aromatic carbocycles. The van der Waals surface area contributed by atoms with Crippen LogP contribution in [0.4, 0.5) is 14.6 Å². The van der Waals surface area contributed by atoms with E-state index in [9.17, 15) is 8.78 Å². The summed E-state index contributed by atoms with van der Waals surface area (Å²) in [4.78, 5) is 4.34. The van der Waals surface area contributed by atoms with Gasteiger partial charge in [0.2, 0.25) is 0 Å². The first-order valence-corrected chi connectivity index (χ1v) is 5.88. The predicted molar refractivity (Wildman–Crippen MR) is 67.0 cm³/mol. The van der Waals surface area contributed by atoms with Crippen LogP contribution in [0.15, 0.2) is 18.2 Å². The second-order valence-electron chi connectivity index (χ2n) is 3.98. The lowest BCUT2D eigenvalue weighted by atomic mass is 10.1. The lowest BCUT2D eigenvalue weighted by Gasteiger charge is -2.05. The Morgan fingerprint density at radius 1 is 1.28 bits per heavy atom. The van der Waals surface area contributed by atoms with Crippen LogP contribution in [0.3, 0.4) is 0 Å². The quantitative estimate of drug-likeness (QED) is 0.911. The van der Waals surface area contributed by atoms with Crippen LogP contribution >= 0.6 is 0 Å². The number of aryl methyl sites for hydroxylation is 1. The second-order valence-corrected chi connectivity index (χ2v) is 3.98. The normalized spacial score (nSPS) is 10.9. The Bertz CT molecular complexity index is 576. The van der Waals surface area contributed by atoms with Gasteiger partial charge >= 0.3 is 0 Å². The number of rotatable bonds is 3. The van der Waals surface area contributed by atoms with Crippen molar-refractivity contribution < 1.29 is 8.78 Å². The summed E-state index contributed by atoms with van der Waals surface area (Å²) in [5, 5.41) is 0. The number of hydrogen-bond donors (Lipinski definition) is 1. The van der Waals surface area contributed by atoms with E-state index in [1.54, 1.807) is 0 Å². The molecule has 1 heterocycles. The van der Waals surface area contributed by atoms with E-state index in [4.69, 9.17) is 5.73 Å². The first-order valence-electron chi connectivity index (χ1n) is 5.88. The Kier molecular flexibility index (Phi) is 3.32. The molecule has 0 spiro atoms. The Balaban J connectivity index is 2.60. The van der Waals surface area contributed by atoms with E-state index in [0.29, 0.717) is 24.5 Å². The first-order chi connectivity index (χ1) is 8.58. The number of benzene rings is 1. The van der Waals surface area contributed by atoms with Crippen molar-refractivity contribution in [3.8, 4) is 11.3 Å². The van der Waals surface area contributed by atoms with Crippen molar-refractivity contribution in [2.75, 3.05) is 5.73 Å². The molecule has 0 bridgehead atoms. The van der Waals surface area contributed by atoms with Crippen molar-refractivity contribution in [3.63, 3.8) is 0 Å². The zero-order chi connectivity index (χ0) is 13.3. The van der Waals surface area contributed by atoms with Crippen molar-refractivity contribution >= 4 is 5.82 Å². The summed E-state index contributed by atoms with van der Waals surface area (Å²) in [6, 6.07) is 3.41. The van der Waals surface area contributed by atoms with E-state index < -0.39 is 11.6 Å². The molecule has 2 N–H and O–H groups in total. The van der Waals surface area contributed by atoms with Crippen molar-refractivity contribution in [2.45, 2.75) is 26.8 Å². The lowest BCUT2D eigenvalue weighted by molar-refractivity contribution is 0.585. The van der Waals surface area contributed by atoms with E-state index in [-0.39, 0.29) is 5.56 Å². The Morgan fingerprint density at radius 3 is 2.50 bits per heavy atom. The standard InChI is InChI=1S/C13H15F2N3/c1-3-11-17-12(13(16)18(11)4-2)9-6-5-8(14)7-10(9)15/h5-7H,3-4,16H2,1-2H3. The van der Waals surface area contributed by atoms with Gasteiger partial charge in [-0.3, -0.25) is 0 Å². The zero-order valence-electron chi connectivity index (χ0n) is 10.4. The van der Waals surface area contributed by atoms with Gasteiger partial charge < -0.3 is 10.3 Å². The molecule has 0 amide bonds. The van der Waals surface area contributed by atoms with Crippen LogP contribution in [-0.4, -0.2) is 9.55 Å². The Hall–Kier alpha value is -1.91. The monoisotopic (exact) mass is 251 g/mol. The molecule has 0 saturated heterocycles. The van der Waals surface area contributed by atoms with E-state index >= 15 is 0 Å². The van der Waals surface area contributed by atoms with Gasteiger partial charge in [-0.25, -0.2) is 13.8 Å². The van der Waals surface area contributed by atoms with Gasteiger partial charge in [-0.15, -0.1) is 0 Å². The predicted octanol–water partition coefficient (Wildman–Crippen LogP) is 2.99. The number of aromatic nitrogens is 2. The Labute approximate surface area is 104 Å². The average Bonchev–Trinajstić information content (AvgIpc) is 2.66. The van der Waals surface area contributed by atoms with Gasteiger partial charge in [-0.1, -0.05) is 6.92 Å². The molecule has 0 unspecified atom stereocenters. The molecule has 1 aromatic heterocycles. The molecule has 96 valence electrons. The van der Waals surface area contributed by atoms with Gasteiger partial charge in [0.15, 0.2) is 0 Å². The van der Waals surface area contributed by atoms with E-state index in [1.165, 1.54) is 12.1 Å². The molecule has 0 atom stereocenters. The number of hydrogen-bond acceptors (Lipinski definition) is 2. The number of nitrogens with two attached hydrogens (primary N) is 1. The number of imidazole rings is 1. The SMILES string of the molecule is CCc1nc(-c2ccc(F)cc2F)c(N)n1CC. The molecule has 0 fully saturated rings. The fraction of sp³-hybridized carbons (Fsp3) is 0.308. The molecule has 2 aromatic rings. The van der Waals surface area contributed by atoms with Gasteiger partial charge in [0.05, 0.1) is 0 Å². The van der Waals surface area contributed by atoms with Gasteiger partial charge in [-0.05, 0) is 19.1 Å². The topological polar surface area (TPSA) is 43.8 Å². The minimum Gasteiger partial charge on any atom is -0.383 e. The van der Waals surface area contributed by atoms with Gasteiger partial charge in [0, 0.05) is 24.6 Å². The lowest BCUT2D eigenvalue weighted by Crippen LogP contribution is -2.04. The van der Waals surface area contributed by atoms with Crippen LogP contribution in [-0.2, 0) is 13.0 Å². The van der Waals surface area contributed by atoms with Crippen LogP contribution in [0.1, 0.15) is 19.7 Å². The maximum atomic E-state index is 13.7. The summed E-state index contributed by atoms with van der Waals surface area (Å²) in [5.74, 6) is -0.0425.